The largest absolute Gasteiger partial charge is 0.383 e. The van der Waals surface area contributed by atoms with Gasteiger partial charge in [0.2, 0.25) is 0 Å². The Kier molecular flexibility index (Phi) is 6.16. The average molecular weight is 274 g/mol. The Morgan fingerprint density at radius 2 is 2.15 bits per heavy atom. The molecule has 2 N–H and O–H groups in total. The number of rotatable bonds is 5. The molecule has 1 atom stereocenters. The lowest BCUT2D eigenvalue weighted by atomic mass is 10.0. The van der Waals surface area contributed by atoms with Crippen LogP contribution in [0.4, 0.5) is 4.39 Å². The van der Waals surface area contributed by atoms with E-state index in [1.165, 1.54) is 6.07 Å². The second-order valence-corrected chi connectivity index (χ2v) is 4.83. The summed E-state index contributed by atoms with van der Waals surface area (Å²) in [6.45, 7) is 7.77. The second-order valence-electron chi connectivity index (χ2n) is 4.83. The predicted octanol–water partition coefficient (Wildman–Crippen LogP) is 4.25. The molecule has 0 aromatic heterocycles. The fourth-order valence-corrected chi connectivity index (χ4v) is 1.74. The van der Waals surface area contributed by atoms with Gasteiger partial charge in [0.25, 0.3) is 0 Å². The minimum atomic E-state index is -0.212. The first-order valence-electron chi connectivity index (χ1n) is 6.92. The number of benzene rings is 1. The standard InChI is InChI=1S/C17H23FN2/c1-5-8-15(17(19)20-12(3)6-2)11-14-9-7-10-16(18)13(14)4/h5,7-12H,6H2,1-4H3,(H2,19,20)/b8-5+,15-11+. The normalized spacial score (nSPS) is 14.8. The van der Waals surface area contributed by atoms with Crippen LogP contribution >= 0.6 is 0 Å². The van der Waals surface area contributed by atoms with Crippen molar-refractivity contribution in [2.24, 2.45) is 10.7 Å². The van der Waals surface area contributed by atoms with Crippen molar-refractivity contribution >= 4 is 11.9 Å². The van der Waals surface area contributed by atoms with Crippen LogP contribution in [0.25, 0.3) is 6.08 Å². The summed E-state index contributed by atoms with van der Waals surface area (Å²) in [5.74, 6) is 0.275. The molecule has 0 spiro atoms. The maximum atomic E-state index is 13.6. The van der Waals surface area contributed by atoms with Crippen molar-refractivity contribution in [1.29, 1.82) is 0 Å². The number of allylic oxidation sites excluding steroid dienone is 1. The molecule has 0 bridgehead atoms. The van der Waals surface area contributed by atoms with Gasteiger partial charge in [0, 0.05) is 11.6 Å². The van der Waals surface area contributed by atoms with Gasteiger partial charge in [-0.15, -0.1) is 0 Å². The van der Waals surface area contributed by atoms with Crippen LogP contribution in [0.2, 0.25) is 0 Å². The number of halogens is 1. The summed E-state index contributed by atoms with van der Waals surface area (Å²) in [4.78, 5) is 4.44. The third-order valence-electron chi connectivity index (χ3n) is 3.21. The van der Waals surface area contributed by atoms with E-state index in [1.807, 2.05) is 38.1 Å². The Bertz CT molecular complexity index is 542. The molecule has 1 unspecified atom stereocenters. The van der Waals surface area contributed by atoms with E-state index in [-0.39, 0.29) is 11.9 Å². The van der Waals surface area contributed by atoms with Crippen molar-refractivity contribution in [3.05, 3.63) is 52.9 Å². The SMILES string of the molecule is C/C=C/C(=C\c1cccc(F)c1C)C(N)=NC(C)CC. The van der Waals surface area contributed by atoms with Crippen molar-refractivity contribution in [3.8, 4) is 0 Å². The van der Waals surface area contributed by atoms with Crippen LogP contribution in [-0.2, 0) is 0 Å². The highest BCUT2D eigenvalue weighted by atomic mass is 19.1. The molecule has 0 saturated carbocycles. The molecule has 0 aliphatic carbocycles. The van der Waals surface area contributed by atoms with Gasteiger partial charge in [-0.25, -0.2) is 4.39 Å². The highest BCUT2D eigenvalue weighted by molar-refractivity contribution is 6.03. The number of hydrogen-bond donors (Lipinski definition) is 1. The number of aliphatic imine (C=N–C) groups is 1. The topological polar surface area (TPSA) is 38.4 Å². The zero-order chi connectivity index (χ0) is 15.1. The maximum Gasteiger partial charge on any atom is 0.126 e. The lowest BCUT2D eigenvalue weighted by Crippen LogP contribution is -2.17. The van der Waals surface area contributed by atoms with E-state index in [1.54, 1.807) is 13.0 Å². The molecule has 2 nitrogen and oxygen atoms in total. The number of nitrogens with two attached hydrogens (primary N) is 1. The van der Waals surface area contributed by atoms with Gasteiger partial charge < -0.3 is 5.73 Å². The van der Waals surface area contributed by atoms with Crippen LogP contribution in [0.1, 0.15) is 38.3 Å². The molecule has 0 aliphatic heterocycles. The van der Waals surface area contributed by atoms with Gasteiger partial charge in [0.1, 0.15) is 11.7 Å². The van der Waals surface area contributed by atoms with Crippen LogP contribution < -0.4 is 5.73 Å². The Hall–Kier alpha value is -1.90. The highest BCUT2D eigenvalue weighted by Gasteiger charge is 2.05. The number of amidine groups is 1. The molecule has 0 aliphatic rings. The van der Waals surface area contributed by atoms with Crippen molar-refractivity contribution in [2.45, 2.75) is 40.2 Å². The van der Waals surface area contributed by atoms with Crippen LogP contribution in [0.15, 0.2) is 40.9 Å². The third-order valence-corrected chi connectivity index (χ3v) is 3.21. The smallest absolute Gasteiger partial charge is 0.126 e. The second kappa shape index (κ2) is 7.63. The fraction of sp³-hybridized carbons (Fsp3) is 0.353. The molecule has 0 heterocycles. The summed E-state index contributed by atoms with van der Waals surface area (Å²) in [6, 6.07) is 5.21. The summed E-state index contributed by atoms with van der Waals surface area (Å²) in [6.07, 6.45) is 6.60. The highest BCUT2D eigenvalue weighted by Crippen LogP contribution is 2.16. The van der Waals surface area contributed by atoms with E-state index in [4.69, 9.17) is 5.73 Å². The molecular formula is C17H23FN2. The van der Waals surface area contributed by atoms with Gasteiger partial charge in [0.05, 0.1) is 0 Å². The maximum absolute atomic E-state index is 13.6. The van der Waals surface area contributed by atoms with Gasteiger partial charge in [0.15, 0.2) is 0 Å². The van der Waals surface area contributed by atoms with Gasteiger partial charge in [-0.2, -0.15) is 0 Å². The summed E-state index contributed by atoms with van der Waals surface area (Å²) < 4.78 is 13.6. The molecule has 108 valence electrons. The van der Waals surface area contributed by atoms with Gasteiger partial charge in [-0.1, -0.05) is 31.2 Å². The zero-order valence-corrected chi connectivity index (χ0v) is 12.7. The molecule has 0 fully saturated rings. The molecule has 3 heteroatoms. The average Bonchev–Trinajstić information content (AvgIpc) is 2.42. The van der Waals surface area contributed by atoms with Crippen molar-refractivity contribution in [3.63, 3.8) is 0 Å². The van der Waals surface area contributed by atoms with Crippen molar-refractivity contribution < 1.29 is 4.39 Å². The van der Waals surface area contributed by atoms with Crippen molar-refractivity contribution in [1.82, 2.24) is 0 Å². The van der Waals surface area contributed by atoms with Gasteiger partial charge >= 0.3 is 0 Å². The van der Waals surface area contributed by atoms with E-state index in [0.29, 0.717) is 11.4 Å². The Morgan fingerprint density at radius 1 is 1.45 bits per heavy atom. The van der Waals surface area contributed by atoms with Crippen LogP contribution in [0.3, 0.4) is 0 Å². The van der Waals surface area contributed by atoms with Crippen LogP contribution in [0.5, 0.6) is 0 Å². The zero-order valence-electron chi connectivity index (χ0n) is 12.7. The van der Waals surface area contributed by atoms with E-state index in [2.05, 4.69) is 11.9 Å². The lowest BCUT2D eigenvalue weighted by molar-refractivity contribution is 0.618. The Morgan fingerprint density at radius 3 is 2.75 bits per heavy atom. The Balaban J connectivity index is 3.23. The summed E-state index contributed by atoms with van der Waals surface area (Å²) in [5, 5.41) is 0. The quantitative estimate of drug-likeness (QED) is 0.486. The number of nitrogens with zero attached hydrogens (tertiary/aromatic N) is 1. The summed E-state index contributed by atoms with van der Waals surface area (Å²) >= 11 is 0. The van der Waals surface area contributed by atoms with E-state index < -0.39 is 0 Å². The molecule has 20 heavy (non-hydrogen) atoms. The van der Waals surface area contributed by atoms with Crippen molar-refractivity contribution in [2.75, 3.05) is 0 Å². The summed E-state index contributed by atoms with van der Waals surface area (Å²) in [5.41, 5.74) is 8.30. The van der Waals surface area contributed by atoms with Gasteiger partial charge in [-0.3, -0.25) is 4.99 Å². The van der Waals surface area contributed by atoms with Crippen LogP contribution in [-0.4, -0.2) is 11.9 Å². The first kappa shape index (κ1) is 16.2. The van der Waals surface area contributed by atoms with E-state index in [9.17, 15) is 4.39 Å². The fourth-order valence-electron chi connectivity index (χ4n) is 1.74. The van der Waals surface area contributed by atoms with Crippen LogP contribution in [0, 0.1) is 12.7 Å². The lowest BCUT2D eigenvalue weighted by Gasteiger charge is -2.08. The van der Waals surface area contributed by atoms with E-state index >= 15 is 0 Å². The molecule has 1 rings (SSSR count). The molecule has 1 aromatic carbocycles. The third kappa shape index (κ3) is 4.34. The minimum Gasteiger partial charge on any atom is -0.383 e. The van der Waals surface area contributed by atoms with Gasteiger partial charge in [-0.05, 0) is 50.5 Å². The van der Waals surface area contributed by atoms with E-state index in [0.717, 1.165) is 17.6 Å². The Labute approximate surface area is 120 Å². The minimum absolute atomic E-state index is 0.178. The molecular weight excluding hydrogens is 251 g/mol. The molecule has 1 aromatic rings. The summed E-state index contributed by atoms with van der Waals surface area (Å²) in [7, 11) is 0. The monoisotopic (exact) mass is 274 g/mol. The molecule has 0 radical (unpaired) electrons. The molecule has 0 saturated heterocycles. The number of hydrogen-bond acceptors (Lipinski definition) is 1. The predicted molar refractivity (Wildman–Crippen MR) is 85.3 cm³/mol. The first-order chi connectivity index (χ1) is 9.49. The first-order valence-corrected chi connectivity index (χ1v) is 6.92. The molecule has 0 amide bonds.